The molecule has 0 heterocycles. The molecule has 0 aliphatic heterocycles. The van der Waals surface area contributed by atoms with Crippen molar-refractivity contribution in [2.45, 2.75) is 77.0 Å². The molecular formula is C28H34FN. The lowest BCUT2D eigenvalue weighted by atomic mass is 9.68. The number of benzene rings is 2. The molecule has 0 saturated heterocycles. The highest BCUT2D eigenvalue weighted by atomic mass is 19.1. The van der Waals surface area contributed by atoms with E-state index in [1.54, 1.807) is 6.07 Å². The Morgan fingerprint density at radius 3 is 2.00 bits per heavy atom. The summed E-state index contributed by atoms with van der Waals surface area (Å²) in [6.45, 7) is 2.32. The first-order chi connectivity index (χ1) is 14.7. The Hall–Kier alpha value is -2.14. The van der Waals surface area contributed by atoms with Crippen LogP contribution in [-0.2, 0) is 0 Å². The zero-order valence-corrected chi connectivity index (χ0v) is 18.2. The molecule has 0 amide bonds. The molecule has 2 heteroatoms. The lowest BCUT2D eigenvalue weighted by Crippen LogP contribution is -2.25. The molecule has 0 bridgehead atoms. The molecule has 158 valence electrons. The molecule has 0 N–H and O–H groups in total. The normalized spacial score (nSPS) is 26.8. The summed E-state index contributed by atoms with van der Waals surface area (Å²) < 4.78 is 13.9. The summed E-state index contributed by atoms with van der Waals surface area (Å²) in [5, 5.41) is 8.91. The average Bonchev–Trinajstić information content (AvgIpc) is 2.80. The smallest absolute Gasteiger partial charge is 0.141 e. The Labute approximate surface area is 181 Å². The molecule has 2 aliphatic carbocycles. The van der Waals surface area contributed by atoms with Crippen LogP contribution in [0, 0.1) is 34.9 Å². The van der Waals surface area contributed by atoms with Crippen LogP contribution in [0.25, 0.3) is 11.1 Å². The van der Waals surface area contributed by atoms with Crippen molar-refractivity contribution in [3.8, 4) is 17.2 Å². The molecule has 4 rings (SSSR count). The molecule has 30 heavy (non-hydrogen) atoms. The summed E-state index contributed by atoms with van der Waals surface area (Å²) in [6, 6.07) is 15.4. The summed E-state index contributed by atoms with van der Waals surface area (Å²) in [5.41, 5.74) is 3.38. The molecule has 2 saturated carbocycles. The van der Waals surface area contributed by atoms with Gasteiger partial charge in [-0.3, -0.25) is 0 Å². The minimum Gasteiger partial charge on any atom is -0.206 e. The van der Waals surface area contributed by atoms with Gasteiger partial charge in [0, 0.05) is 0 Å². The molecule has 1 nitrogen and oxygen atoms in total. The lowest BCUT2D eigenvalue weighted by molar-refractivity contribution is 0.156. The topological polar surface area (TPSA) is 23.8 Å². The maximum Gasteiger partial charge on any atom is 0.141 e. The third-order valence-corrected chi connectivity index (χ3v) is 7.83. The van der Waals surface area contributed by atoms with Crippen LogP contribution >= 0.6 is 0 Å². The summed E-state index contributed by atoms with van der Waals surface area (Å²) in [5.74, 6) is 3.16. The largest absolute Gasteiger partial charge is 0.206 e. The van der Waals surface area contributed by atoms with Gasteiger partial charge in [-0.25, -0.2) is 4.39 Å². The Kier molecular flexibility index (Phi) is 6.88. The highest BCUT2D eigenvalue weighted by molar-refractivity contribution is 5.64. The molecule has 2 aliphatic rings. The van der Waals surface area contributed by atoms with E-state index >= 15 is 0 Å². The summed E-state index contributed by atoms with van der Waals surface area (Å²) >= 11 is 0. The molecule has 0 unspecified atom stereocenters. The lowest BCUT2D eigenvalue weighted by Gasteiger charge is -2.38. The van der Waals surface area contributed by atoms with Crippen LogP contribution in [0.1, 0.15) is 88.2 Å². The Balaban J connectivity index is 1.32. The quantitative estimate of drug-likeness (QED) is 0.493. The highest BCUT2D eigenvalue weighted by Crippen LogP contribution is 2.44. The van der Waals surface area contributed by atoms with Crippen LogP contribution in [0.3, 0.4) is 0 Å². The second-order valence-electron chi connectivity index (χ2n) is 9.61. The molecule has 2 aromatic rings. The monoisotopic (exact) mass is 403 g/mol. The van der Waals surface area contributed by atoms with Gasteiger partial charge in [-0.15, -0.1) is 0 Å². The van der Waals surface area contributed by atoms with Gasteiger partial charge in [-0.2, -0.15) is 5.26 Å². The standard InChI is InChI=1S/C28H34FN/c1-2-3-20-4-6-21(7-5-20)22-8-10-23(11-9-22)24-12-14-25(15-13-24)26-16-17-27(19-30)28(29)18-26/h12-18,20-23H,2-11H2,1H3. The van der Waals surface area contributed by atoms with Gasteiger partial charge in [0.2, 0.25) is 0 Å². The number of rotatable bonds is 5. The molecular weight excluding hydrogens is 369 g/mol. The van der Waals surface area contributed by atoms with Gasteiger partial charge in [0.1, 0.15) is 11.9 Å². The van der Waals surface area contributed by atoms with Crippen LogP contribution in [-0.4, -0.2) is 0 Å². The van der Waals surface area contributed by atoms with Crippen LogP contribution < -0.4 is 0 Å². The minimum absolute atomic E-state index is 0.103. The van der Waals surface area contributed by atoms with E-state index in [-0.39, 0.29) is 5.56 Å². The SMILES string of the molecule is CCCC1CCC(C2CCC(c3ccc(-c4ccc(C#N)c(F)c4)cc3)CC2)CC1. The van der Waals surface area contributed by atoms with Crippen LogP contribution in [0.5, 0.6) is 0 Å². The van der Waals surface area contributed by atoms with E-state index in [0.29, 0.717) is 5.92 Å². The van der Waals surface area contributed by atoms with Gasteiger partial charge in [0.25, 0.3) is 0 Å². The second kappa shape index (κ2) is 9.78. The molecule has 0 radical (unpaired) electrons. The number of nitriles is 1. The highest BCUT2D eigenvalue weighted by Gasteiger charge is 2.31. The molecule has 2 fully saturated rings. The summed E-state index contributed by atoms with van der Waals surface area (Å²) in [6.07, 6.45) is 14.0. The van der Waals surface area contributed by atoms with Crippen molar-refractivity contribution in [1.29, 1.82) is 5.26 Å². The maximum atomic E-state index is 13.9. The predicted octanol–water partition coefficient (Wildman–Crippen LogP) is 8.24. The zero-order valence-electron chi connectivity index (χ0n) is 18.2. The number of halogens is 1. The Morgan fingerprint density at radius 1 is 0.833 bits per heavy atom. The van der Waals surface area contributed by atoms with E-state index in [1.807, 2.05) is 12.1 Å². The van der Waals surface area contributed by atoms with Crippen molar-refractivity contribution in [2.24, 2.45) is 17.8 Å². The van der Waals surface area contributed by atoms with Gasteiger partial charge >= 0.3 is 0 Å². The molecule has 0 spiro atoms. The van der Waals surface area contributed by atoms with Gasteiger partial charge in [-0.1, -0.05) is 62.9 Å². The first-order valence-electron chi connectivity index (χ1n) is 12.0. The van der Waals surface area contributed by atoms with Crippen LogP contribution in [0.15, 0.2) is 42.5 Å². The van der Waals surface area contributed by atoms with Crippen molar-refractivity contribution < 1.29 is 4.39 Å². The predicted molar refractivity (Wildman–Crippen MR) is 122 cm³/mol. The zero-order chi connectivity index (χ0) is 20.9. The van der Waals surface area contributed by atoms with E-state index in [9.17, 15) is 4.39 Å². The first kappa shape index (κ1) is 21.1. The van der Waals surface area contributed by atoms with Crippen LogP contribution in [0.4, 0.5) is 4.39 Å². The minimum atomic E-state index is -0.443. The van der Waals surface area contributed by atoms with E-state index in [2.05, 4.69) is 31.2 Å². The maximum absolute atomic E-state index is 13.9. The molecule has 0 aromatic heterocycles. The van der Waals surface area contributed by atoms with Gasteiger partial charge in [-0.05, 0) is 91.0 Å². The van der Waals surface area contributed by atoms with Crippen molar-refractivity contribution in [1.82, 2.24) is 0 Å². The number of nitrogens with zero attached hydrogens (tertiary/aromatic N) is 1. The molecule has 0 atom stereocenters. The molecule has 2 aromatic carbocycles. The van der Waals surface area contributed by atoms with Gasteiger partial charge in [0.15, 0.2) is 0 Å². The fourth-order valence-corrected chi connectivity index (χ4v) is 6.01. The van der Waals surface area contributed by atoms with Gasteiger partial charge in [0.05, 0.1) is 5.56 Å². The van der Waals surface area contributed by atoms with Crippen molar-refractivity contribution in [2.75, 3.05) is 0 Å². The van der Waals surface area contributed by atoms with E-state index in [1.165, 1.54) is 75.8 Å². The van der Waals surface area contributed by atoms with E-state index in [0.717, 1.165) is 28.9 Å². The first-order valence-corrected chi connectivity index (χ1v) is 12.0. The third-order valence-electron chi connectivity index (χ3n) is 7.83. The van der Waals surface area contributed by atoms with Crippen molar-refractivity contribution in [3.63, 3.8) is 0 Å². The summed E-state index contributed by atoms with van der Waals surface area (Å²) in [7, 11) is 0. The second-order valence-corrected chi connectivity index (χ2v) is 9.61. The Morgan fingerprint density at radius 2 is 1.43 bits per heavy atom. The van der Waals surface area contributed by atoms with E-state index in [4.69, 9.17) is 5.26 Å². The number of hydrogen-bond donors (Lipinski definition) is 0. The van der Waals surface area contributed by atoms with Crippen LogP contribution in [0.2, 0.25) is 0 Å². The third kappa shape index (κ3) is 4.77. The fraction of sp³-hybridized carbons (Fsp3) is 0.536. The Bertz CT molecular complexity index is 863. The average molecular weight is 404 g/mol. The fourth-order valence-electron chi connectivity index (χ4n) is 6.01. The number of hydrogen-bond acceptors (Lipinski definition) is 1. The van der Waals surface area contributed by atoms with E-state index < -0.39 is 5.82 Å². The van der Waals surface area contributed by atoms with Gasteiger partial charge < -0.3 is 0 Å². The van der Waals surface area contributed by atoms with Crippen molar-refractivity contribution >= 4 is 0 Å². The van der Waals surface area contributed by atoms with Crippen molar-refractivity contribution in [3.05, 3.63) is 59.4 Å². The summed E-state index contributed by atoms with van der Waals surface area (Å²) in [4.78, 5) is 0.